The summed E-state index contributed by atoms with van der Waals surface area (Å²) in [6, 6.07) is 7.75. The second-order valence-corrected chi connectivity index (χ2v) is 4.52. The van der Waals surface area contributed by atoms with Gasteiger partial charge in [0, 0.05) is 37.2 Å². The number of nitrogens with one attached hydrogen (secondary N) is 1. The Labute approximate surface area is 132 Å². The topological polar surface area (TPSA) is 77.1 Å². The fourth-order valence-electron chi connectivity index (χ4n) is 1.89. The Morgan fingerprint density at radius 2 is 1.70 bits per heavy atom. The van der Waals surface area contributed by atoms with Crippen LogP contribution in [0.1, 0.15) is 0 Å². The summed E-state index contributed by atoms with van der Waals surface area (Å²) in [6.07, 6.45) is 14.7. The van der Waals surface area contributed by atoms with Crippen LogP contribution < -0.4 is 5.32 Å². The van der Waals surface area contributed by atoms with Crippen molar-refractivity contribution < 1.29 is 4.79 Å². The van der Waals surface area contributed by atoms with Gasteiger partial charge in [-0.1, -0.05) is 12.1 Å². The number of aliphatic imine (C=N–C) groups is 1. The van der Waals surface area contributed by atoms with E-state index in [1.807, 2.05) is 36.5 Å². The standard InChI is InChI=1S/C9H8N2.C7H6N4O/c1-2-5-9-8(4-1)10-6-3-7-11-9;12-7(10-3-1-8-5-10)11-4-2-9-6-11/h1-7,10H;1-6H. The van der Waals surface area contributed by atoms with E-state index in [1.54, 1.807) is 31.0 Å². The number of carbonyl (C=O) groups excluding carboxylic acids is 1. The van der Waals surface area contributed by atoms with Crippen molar-refractivity contribution in [1.29, 1.82) is 0 Å². The SMILES string of the molecule is C1=CNc2ccccc2N=C1.O=C(n1ccnc1)n1ccnc1. The van der Waals surface area contributed by atoms with Crippen LogP contribution in [-0.4, -0.2) is 31.3 Å². The van der Waals surface area contributed by atoms with Gasteiger partial charge < -0.3 is 5.32 Å². The molecule has 7 heteroatoms. The van der Waals surface area contributed by atoms with E-state index >= 15 is 0 Å². The first-order chi connectivity index (χ1) is 11.3. The quantitative estimate of drug-likeness (QED) is 0.692. The van der Waals surface area contributed by atoms with Crippen molar-refractivity contribution in [3.05, 3.63) is 74.0 Å². The molecule has 3 heterocycles. The maximum absolute atomic E-state index is 11.4. The molecule has 1 N–H and O–H groups in total. The van der Waals surface area contributed by atoms with Gasteiger partial charge in [-0.3, -0.25) is 14.1 Å². The lowest BCUT2D eigenvalue weighted by Gasteiger charge is -2.00. The number of nitrogens with zero attached hydrogens (tertiary/aromatic N) is 5. The molecule has 7 nitrogen and oxygen atoms in total. The number of imidazole rings is 2. The summed E-state index contributed by atoms with van der Waals surface area (Å²) in [5.74, 6) is 0. The van der Waals surface area contributed by atoms with Crippen LogP contribution in [0.15, 0.2) is 79.0 Å². The summed E-state index contributed by atoms with van der Waals surface area (Å²) >= 11 is 0. The van der Waals surface area contributed by atoms with Crippen molar-refractivity contribution in [1.82, 2.24) is 19.1 Å². The van der Waals surface area contributed by atoms with E-state index in [9.17, 15) is 4.79 Å². The minimum Gasteiger partial charge on any atom is -0.360 e. The molecule has 0 fully saturated rings. The van der Waals surface area contributed by atoms with Crippen LogP contribution in [0.4, 0.5) is 16.2 Å². The van der Waals surface area contributed by atoms with E-state index in [0.717, 1.165) is 11.4 Å². The average molecular weight is 306 g/mol. The fraction of sp³-hybridized carbons (Fsp3) is 0. The van der Waals surface area contributed by atoms with Gasteiger partial charge in [-0.2, -0.15) is 0 Å². The first-order valence-electron chi connectivity index (χ1n) is 6.90. The van der Waals surface area contributed by atoms with Crippen LogP contribution in [0.3, 0.4) is 0 Å². The molecule has 4 rings (SSSR count). The van der Waals surface area contributed by atoms with Gasteiger partial charge >= 0.3 is 6.03 Å². The van der Waals surface area contributed by atoms with Crippen LogP contribution in [-0.2, 0) is 0 Å². The van der Waals surface area contributed by atoms with E-state index in [0.29, 0.717) is 0 Å². The molecule has 0 unspecified atom stereocenters. The second kappa shape index (κ2) is 6.99. The Balaban J connectivity index is 0.000000136. The Hall–Kier alpha value is -3.48. The zero-order chi connectivity index (χ0) is 15.9. The van der Waals surface area contributed by atoms with Crippen molar-refractivity contribution in [3.8, 4) is 0 Å². The number of rotatable bonds is 0. The van der Waals surface area contributed by atoms with E-state index in [-0.39, 0.29) is 6.03 Å². The number of anilines is 1. The van der Waals surface area contributed by atoms with Gasteiger partial charge in [-0.05, 0) is 18.2 Å². The highest BCUT2D eigenvalue weighted by molar-refractivity contribution is 5.81. The normalized spacial score (nSPS) is 11.7. The van der Waals surface area contributed by atoms with Crippen LogP contribution in [0.5, 0.6) is 0 Å². The highest BCUT2D eigenvalue weighted by atomic mass is 16.2. The predicted molar refractivity (Wildman–Crippen MR) is 88.0 cm³/mol. The first-order valence-corrected chi connectivity index (χ1v) is 6.90. The third-order valence-electron chi connectivity index (χ3n) is 2.99. The lowest BCUT2D eigenvalue weighted by molar-refractivity contribution is 0.244. The monoisotopic (exact) mass is 306 g/mol. The molecule has 0 atom stereocenters. The van der Waals surface area contributed by atoms with Gasteiger partial charge in [0.1, 0.15) is 12.7 Å². The molecule has 2 aromatic heterocycles. The Kier molecular flexibility index (Phi) is 4.39. The summed E-state index contributed by atoms with van der Waals surface area (Å²) in [4.78, 5) is 23.1. The first kappa shape index (κ1) is 14.5. The molecule has 0 aliphatic carbocycles. The molecular weight excluding hydrogens is 292 g/mol. The van der Waals surface area contributed by atoms with Gasteiger partial charge in [0.2, 0.25) is 0 Å². The van der Waals surface area contributed by atoms with Crippen LogP contribution in [0.25, 0.3) is 0 Å². The van der Waals surface area contributed by atoms with Crippen LogP contribution in [0, 0.1) is 0 Å². The summed E-state index contributed by atoms with van der Waals surface area (Å²) in [6.45, 7) is 0. The molecule has 0 saturated heterocycles. The minimum atomic E-state index is -0.190. The van der Waals surface area contributed by atoms with E-state index < -0.39 is 0 Å². The van der Waals surface area contributed by atoms with Gasteiger partial charge in [-0.25, -0.2) is 14.8 Å². The van der Waals surface area contributed by atoms with Crippen molar-refractivity contribution in [2.75, 3.05) is 5.32 Å². The number of para-hydroxylation sites is 2. The van der Waals surface area contributed by atoms with E-state index in [2.05, 4.69) is 20.3 Å². The zero-order valence-corrected chi connectivity index (χ0v) is 12.1. The maximum Gasteiger partial charge on any atom is 0.338 e. The van der Waals surface area contributed by atoms with Gasteiger partial charge in [0.25, 0.3) is 0 Å². The molecular formula is C16H14N6O. The van der Waals surface area contributed by atoms with Crippen molar-refractivity contribution >= 4 is 23.6 Å². The maximum atomic E-state index is 11.4. The number of fused-ring (bicyclic) bond motifs is 1. The summed E-state index contributed by atoms with van der Waals surface area (Å²) in [7, 11) is 0. The molecule has 1 aliphatic heterocycles. The second-order valence-electron chi connectivity index (χ2n) is 4.52. The molecule has 1 aromatic carbocycles. The zero-order valence-electron chi connectivity index (χ0n) is 12.1. The summed E-state index contributed by atoms with van der Waals surface area (Å²) in [5, 5.41) is 3.12. The molecule has 23 heavy (non-hydrogen) atoms. The minimum absolute atomic E-state index is 0.190. The Morgan fingerprint density at radius 3 is 2.35 bits per heavy atom. The fourth-order valence-corrected chi connectivity index (χ4v) is 1.89. The van der Waals surface area contributed by atoms with Crippen molar-refractivity contribution in [2.24, 2.45) is 4.99 Å². The largest absolute Gasteiger partial charge is 0.360 e. The molecule has 0 amide bonds. The molecule has 3 aromatic rings. The molecule has 0 spiro atoms. The lowest BCUT2D eigenvalue weighted by Crippen LogP contribution is -2.15. The lowest BCUT2D eigenvalue weighted by atomic mass is 10.3. The van der Waals surface area contributed by atoms with Gasteiger partial charge in [-0.15, -0.1) is 0 Å². The number of aromatic nitrogens is 4. The highest BCUT2D eigenvalue weighted by Crippen LogP contribution is 2.24. The Morgan fingerprint density at radius 1 is 1.00 bits per heavy atom. The molecule has 0 bridgehead atoms. The Bertz CT molecular complexity index is 782. The van der Waals surface area contributed by atoms with Crippen molar-refractivity contribution in [2.45, 2.75) is 0 Å². The number of hydrogen-bond donors (Lipinski definition) is 1. The number of allylic oxidation sites excluding steroid dienone is 1. The predicted octanol–water partition coefficient (Wildman–Crippen LogP) is 2.92. The highest BCUT2D eigenvalue weighted by Gasteiger charge is 2.03. The number of carbonyl (C=O) groups is 1. The number of hydrogen-bond acceptors (Lipinski definition) is 5. The smallest absolute Gasteiger partial charge is 0.338 e. The number of benzene rings is 1. The molecule has 114 valence electrons. The van der Waals surface area contributed by atoms with Crippen LogP contribution in [0.2, 0.25) is 0 Å². The average Bonchev–Trinajstić information content (AvgIpc) is 3.25. The third-order valence-corrected chi connectivity index (χ3v) is 2.99. The van der Waals surface area contributed by atoms with E-state index in [4.69, 9.17) is 0 Å². The molecule has 0 radical (unpaired) electrons. The van der Waals surface area contributed by atoms with Crippen molar-refractivity contribution in [3.63, 3.8) is 0 Å². The van der Waals surface area contributed by atoms with Gasteiger partial charge in [0.05, 0.1) is 11.4 Å². The molecule has 0 saturated carbocycles. The summed E-state index contributed by atoms with van der Waals surface area (Å²) < 4.78 is 2.75. The van der Waals surface area contributed by atoms with E-state index in [1.165, 1.54) is 21.8 Å². The van der Waals surface area contributed by atoms with Crippen LogP contribution >= 0.6 is 0 Å². The summed E-state index contributed by atoms with van der Waals surface area (Å²) in [5.41, 5.74) is 2.04. The third kappa shape index (κ3) is 3.59. The molecule has 1 aliphatic rings. The van der Waals surface area contributed by atoms with Gasteiger partial charge in [0.15, 0.2) is 0 Å².